The first-order chi connectivity index (χ1) is 14.9. The molecule has 0 spiro atoms. The molecule has 0 aliphatic carbocycles. The Morgan fingerprint density at radius 1 is 0.938 bits per heavy atom. The van der Waals surface area contributed by atoms with Crippen molar-refractivity contribution < 1.29 is 37.1 Å². The number of carboxylic acids is 1. The zero-order chi connectivity index (χ0) is 24.3. The van der Waals surface area contributed by atoms with E-state index in [1.807, 2.05) is 0 Å². The van der Waals surface area contributed by atoms with Crippen molar-refractivity contribution in [3.05, 3.63) is 80.6 Å². The molecule has 0 atom stereocenters. The van der Waals surface area contributed by atoms with Gasteiger partial charge < -0.3 is 9.67 Å². The minimum atomic E-state index is -1.49. The Bertz CT molecular complexity index is 1290. The van der Waals surface area contributed by atoms with Crippen LogP contribution in [0.2, 0.25) is 0 Å². The molecule has 1 aromatic heterocycles. The number of aromatic carboxylic acids is 1. The number of hydrogen-bond acceptors (Lipinski definition) is 4. The molecule has 32 heavy (non-hydrogen) atoms. The standard InChI is InChI=1S/C14H11F2NO4.C8H6F2O/c1-3-17-5-8(14(20)21)13(19)7-4-9(15)10(6(2)18)11(16)12(7)17;1-5(11)8-6(9)3-2-4-7(8)10/h4-5H,3H2,1-2H3,(H,20,21);2-4H,1H3. The van der Waals surface area contributed by atoms with E-state index in [0.29, 0.717) is 6.07 Å². The highest BCUT2D eigenvalue weighted by atomic mass is 19.1. The summed E-state index contributed by atoms with van der Waals surface area (Å²) >= 11 is 0. The molecule has 1 N–H and O–H groups in total. The van der Waals surface area contributed by atoms with Gasteiger partial charge in [-0.2, -0.15) is 0 Å². The summed E-state index contributed by atoms with van der Waals surface area (Å²) in [5.41, 5.74) is -3.06. The average molecular weight is 451 g/mol. The predicted molar refractivity (Wildman–Crippen MR) is 107 cm³/mol. The zero-order valence-electron chi connectivity index (χ0n) is 17.1. The molecule has 0 radical (unpaired) electrons. The second-order valence-electron chi connectivity index (χ2n) is 6.62. The lowest BCUT2D eigenvalue weighted by Crippen LogP contribution is -2.20. The van der Waals surface area contributed by atoms with Gasteiger partial charge in [0.1, 0.15) is 23.0 Å². The molecule has 0 aliphatic heterocycles. The average Bonchev–Trinajstić information content (AvgIpc) is 2.68. The number of aromatic nitrogens is 1. The van der Waals surface area contributed by atoms with Crippen molar-refractivity contribution in [1.82, 2.24) is 4.57 Å². The predicted octanol–water partition coefficient (Wildman–Crippen LogP) is 4.37. The summed E-state index contributed by atoms with van der Waals surface area (Å²) in [6, 6.07) is 4.03. The monoisotopic (exact) mass is 451 g/mol. The zero-order valence-corrected chi connectivity index (χ0v) is 17.1. The summed E-state index contributed by atoms with van der Waals surface area (Å²) in [6.07, 6.45) is 0.984. The quantitative estimate of drug-likeness (QED) is 0.470. The molecule has 1 heterocycles. The van der Waals surface area contributed by atoms with Crippen LogP contribution in [0.3, 0.4) is 0 Å². The van der Waals surface area contributed by atoms with Gasteiger partial charge in [-0.05, 0) is 39.0 Å². The highest BCUT2D eigenvalue weighted by molar-refractivity contribution is 6.00. The third kappa shape index (κ3) is 4.58. The number of carbonyl (C=O) groups excluding carboxylic acids is 2. The van der Waals surface area contributed by atoms with E-state index >= 15 is 0 Å². The number of Topliss-reactive ketones (excluding diaryl/α,β-unsaturated/α-hetero) is 2. The SMILES string of the molecule is CC(=O)c1c(F)cccc1F.CCn1cc(C(=O)O)c(=O)c2cc(F)c(C(C)=O)c(F)c21. The molecule has 3 rings (SSSR count). The molecular formula is C22H17F4NO5. The highest BCUT2D eigenvalue weighted by Gasteiger charge is 2.23. The van der Waals surface area contributed by atoms with E-state index in [9.17, 15) is 36.7 Å². The van der Waals surface area contributed by atoms with Crippen molar-refractivity contribution in [3.63, 3.8) is 0 Å². The fourth-order valence-corrected chi connectivity index (χ4v) is 3.05. The first-order valence-electron chi connectivity index (χ1n) is 9.16. The van der Waals surface area contributed by atoms with Gasteiger partial charge in [-0.25, -0.2) is 22.4 Å². The Morgan fingerprint density at radius 2 is 1.47 bits per heavy atom. The Kier molecular flexibility index (Phi) is 7.29. The van der Waals surface area contributed by atoms with Crippen molar-refractivity contribution in [1.29, 1.82) is 0 Å². The van der Waals surface area contributed by atoms with Crippen LogP contribution in [0.15, 0.2) is 35.3 Å². The van der Waals surface area contributed by atoms with Crippen molar-refractivity contribution >= 4 is 28.4 Å². The summed E-state index contributed by atoms with van der Waals surface area (Å²) in [5.74, 6) is -6.86. The first-order valence-corrected chi connectivity index (χ1v) is 9.16. The Hall–Kier alpha value is -3.82. The van der Waals surface area contributed by atoms with Crippen molar-refractivity contribution in [2.24, 2.45) is 0 Å². The minimum absolute atomic E-state index is 0.150. The van der Waals surface area contributed by atoms with Gasteiger partial charge in [-0.15, -0.1) is 0 Å². The normalized spacial score (nSPS) is 10.5. The number of carboxylic acid groups (broad SMARTS) is 1. The number of pyridine rings is 1. The van der Waals surface area contributed by atoms with Crippen LogP contribution in [0.1, 0.15) is 51.8 Å². The van der Waals surface area contributed by atoms with Crippen LogP contribution in [-0.2, 0) is 6.54 Å². The van der Waals surface area contributed by atoms with E-state index in [4.69, 9.17) is 5.11 Å². The van der Waals surface area contributed by atoms with Crippen molar-refractivity contribution in [2.45, 2.75) is 27.3 Å². The lowest BCUT2D eigenvalue weighted by molar-refractivity contribution is 0.0694. The van der Waals surface area contributed by atoms with Crippen LogP contribution in [0, 0.1) is 23.3 Å². The maximum absolute atomic E-state index is 14.4. The van der Waals surface area contributed by atoms with Gasteiger partial charge in [0.25, 0.3) is 0 Å². The molecule has 0 bridgehead atoms. The molecule has 168 valence electrons. The lowest BCUT2D eigenvalue weighted by Gasteiger charge is -2.13. The number of carbonyl (C=O) groups is 3. The maximum atomic E-state index is 14.4. The van der Waals surface area contributed by atoms with Gasteiger partial charge in [-0.3, -0.25) is 14.4 Å². The van der Waals surface area contributed by atoms with Crippen LogP contribution < -0.4 is 5.43 Å². The second kappa shape index (κ2) is 9.54. The number of fused-ring (bicyclic) bond motifs is 1. The molecule has 0 saturated carbocycles. The van der Waals surface area contributed by atoms with Crippen molar-refractivity contribution in [2.75, 3.05) is 0 Å². The first kappa shape index (κ1) is 24.4. The molecule has 0 unspecified atom stereocenters. The van der Waals surface area contributed by atoms with Gasteiger partial charge in [0, 0.05) is 12.7 Å². The van der Waals surface area contributed by atoms with Gasteiger partial charge >= 0.3 is 5.97 Å². The minimum Gasteiger partial charge on any atom is -0.477 e. The maximum Gasteiger partial charge on any atom is 0.341 e. The molecule has 6 nitrogen and oxygen atoms in total. The molecule has 0 aliphatic rings. The van der Waals surface area contributed by atoms with E-state index in [-0.39, 0.29) is 12.1 Å². The summed E-state index contributed by atoms with van der Waals surface area (Å²) < 4.78 is 54.6. The van der Waals surface area contributed by atoms with Gasteiger partial charge in [0.2, 0.25) is 5.43 Å². The van der Waals surface area contributed by atoms with Gasteiger partial charge in [-0.1, -0.05) is 6.07 Å². The van der Waals surface area contributed by atoms with Crippen molar-refractivity contribution in [3.8, 4) is 0 Å². The largest absolute Gasteiger partial charge is 0.477 e. The number of hydrogen-bond donors (Lipinski definition) is 1. The van der Waals surface area contributed by atoms with Gasteiger partial charge in [0.05, 0.1) is 22.0 Å². The Balaban J connectivity index is 0.000000278. The fourth-order valence-electron chi connectivity index (χ4n) is 3.05. The van der Waals surface area contributed by atoms with Gasteiger partial charge in [0.15, 0.2) is 17.4 Å². The molecule has 0 saturated heterocycles. The van der Waals surface area contributed by atoms with Crippen LogP contribution in [-0.4, -0.2) is 27.2 Å². The number of nitrogens with zero attached hydrogens (tertiary/aromatic N) is 1. The number of aryl methyl sites for hydroxylation is 1. The molecule has 0 amide bonds. The highest BCUT2D eigenvalue weighted by Crippen LogP contribution is 2.23. The summed E-state index contributed by atoms with van der Waals surface area (Å²) in [5, 5.41) is 8.57. The summed E-state index contributed by atoms with van der Waals surface area (Å²) in [6.45, 7) is 3.89. The molecule has 3 aromatic rings. The van der Waals surface area contributed by atoms with E-state index in [0.717, 1.165) is 32.2 Å². The smallest absolute Gasteiger partial charge is 0.341 e. The van der Waals surface area contributed by atoms with E-state index < -0.39 is 68.3 Å². The Morgan fingerprint density at radius 3 is 1.88 bits per heavy atom. The van der Waals surface area contributed by atoms with E-state index in [1.165, 1.54) is 10.6 Å². The molecule has 2 aromatic carbocycles. The third-order valence-electron chi connectivity index (χ3n) is 4.49. The van der Waals surface area contributed by atoms with E-state index in [1.54, 1.807) is 6.92 Å². The molecule has 0 fully saturated rings. The number of rotatable bonds is 4. The number of benzene rings is 2. The number of ketones is 2. The Labute approximate surface area is 178 Å². The third-order valence-corrected chi connectivity index (χ3v) is 4.49. The van der Waals surface area contributed by atoms with Crippen LogP contribution >= 0.6 is 0 Å². The molecular weight excluding hydrogens is 434 g/mol. The van der Waals surface area contributed by atoms with Crippen LogP contribution in [0.4, 0.5) is 17.6 Å². The van der Waals surface area contributed by atoms with Crippen LogP contribution in [0.25, 0.3) is 10.9 Å². The summed E-state index contributed by atoms with van der Waals surface area (Å²) in [7, 11) is 0. The van der Waals surface area contributed by atoms with Crippen LogP contribution in [0.5, 0.6) is 0 Å². The second-order valence-corrected chi connectivity index (χ2v) is 6.62. The number of halogens is 4. The lowest BCUT2D eigenvalue weighted by atomic mass is 10.0. The fraction of sp³-hybridized carbons (Fsp3) is 0.182. The summed E-state index contributed by atoms with van der Waals surface area (Å²) in [4.78, 5) is 45.0. The molecule has 10 heteroatoms. The van der Waals surface area contributed by atoms with E-state index in [2.05, 4.69) is 0 Å². The topological polar surface area (TPSA) is 93.4 Å².